The second kappa shape index (κ2) is 6.32. The fourth-order valence-electron chi connectivity index (χ4n) is 3.53. The van der Waals surface area contributed by atoms with Crippen molar-refractivity contribution < 1.29 is 4.42 Å². The number of pyridine rings is 1. The van der Waals surface area contributed by atoms with Crippen molar-refractivity contribution in [1.29, 1.82) is 0 Å². The van der Waals surface area contributed by atoms with Crippen molar-refractivity contribution in [3.63, 3.8) is 0 Å². The van der Waals surface area contributed by atoms with Gasteiger partial charge >= 0.3 is 0 Å². The summed E-state index contributed by atoms with van der Waals surface area (Å²) >= 11 is 0. The maximum atomic E-state index is 5.49. The van der Waals surface area contributed by atoms with Crippen LogP contribution in [0.3, 0.4) is 0 Å². The molecule has 24 heavy (non-hydrogen) atoms. The van der Waals surface area contributed by atoms with Gasteiger partial charge < -0.3 is 9.73 Å². The van der Waals surface area contributed by atoms with Crippen molar-refractivity contribution in [1.82, 2.24) is 30.7 Å². The third kappa shape index (κ3) is 3.17. The number of aromatic amines is 1. The summed E-state index contributed by atoms with van der Waals surface area (Å²) in [5.41, 5.74) is 3.05. The van der Waals surface area contributed by atoms with Crippen LogP contribution in [0.15, 0.2) is 16.7 Å². The Morgan fingerprint density at radius 2 is 2.21 bits per heavy atom. The molecule has 0 bridgehead atoms. The monoisotopic (exact) mass is 326 g/mol. The van der Waals surface area contributed by atoms with Crippen molar-refractivity contribution in [3.05, 3.63) is 35.3 Å². The van der Waals surface area contributed by atoms with Crippen LogP contribution in [0.2, 0.25) is 0 Å². The van der Waals surface area contributed by atoms with E-state index in [4.69, 9.17) is 4.42 Å². The van der Waals surface area contributed by atoms with Gasteiger partial charge in [0.25, 0.3) is 0 Å². The average molecular weight is 326 g/mol. The Hall–Kier alpha value is -2.28. The van der Waals surface area contributed by atoms with Gasteiger partial charge in [0.05, 0.1) is 0 Å². The van der Waals surface area contributed by atoms with Crippen LogP contribution in [0.4, 0.5) is 0 Å². The molecule has 3 heterocycles. The average Bonchev–Trinajstić information content (AvgIpc) is 3.28. The second-order valence-electron chi connectivity index (χ2n) is 6.74. The van der Waals surface area contributed by atoms with E-state index in [1.54, 1.807) is 0 Å². The van der Waals surface area contributed by atoms with Gasteiger partial charge in [-0.1, -0.05) is 0 Å². The van der Waals surface area contributed by atoms with Gasteiger partial charge in [0, 0.05) is 43.2 Å². The number of rotatable bonds is 5. The zero-order chi connectivity index (χ0) is 16.5. The van der Waals surface area contributed by atoms with Crippen LogP contribution in [0, 0.1) is 19.8 Å². The van der Waals surface area contributed by atoms with E-state index in [1.807, 2.05) is 20.0 Å². The van der Waals surface area contributed by atoms with Gasteiger partial charge in [-0.25, -0.2) is 4.98 Å². The predicted octanol–water partition coefficient (Wildman–Crippen LogP) is 2.46. The molecule has 7 nitrogen and oxygen atoms in total. The van der Waals surface area contributed by atoms with Crippen LogP contribution in [-0.2, 0) is 13.0 Å². The number of nitrogens with zero attached hydrogens (tertiary/aromatic N) is 4. The molecular formula is C17H22N6O. The molecule has 1 aliphatic rings. The highest BCUT2D eigenvalue weighted by Crippen LogP contribution is 2.28. The molecule has 0 spiro atoms. The normalized spacial score (nSPS) is 20.9. The van der Waals surface area contributed by atoms with Crippen molar-refractivity contribution in [3.8, 4) is 0 Å². The molecule has 2 atom stereocenters. The fraction of sp³-hybridized carbons (Fsp3) is 0.529. The number of aromatic nitrogens is 5. The minimum atomic E-state index is 0.542. The van der Waals surface area contributed by atoms with Gasteiger partial charge in [0.2, 0.25) is 11.8 Å². The van der Waals surface area contributed by atoms with Crippen LogP contribution in [0.5, 0.6) is 0 Å². The zero-order valence-electron chi connectivity index (χ0n) is 14.0. The molecule has 0 saturated heterocycles. The highest BCUT2D eigenvalue weighted by molar-refractivity contribution is 5.77. The molecular weight excluding hydrogens is 304 g/mol. The first-order chi connectivity index (χ1) is 11.7. The van der Waals surface area contributed by atoms with E-state index in [1.165, 1.54) is 18.4 Å². The lowest BCUT2D eigenvalue weighted by Gasteiger charge is -2.12. The Morgan fingerprint density at radius 3 is 3.04 bits per heavy atom. The van der Waals surface area contributed by atoms with E-state index in [-0.39, 0.29) is 0 Å². The van der Waals surface area contributed by atoms with Crippen LogP contribution < -0.4 is 5.32 Å². The van der Waals surface area contributed by atoms with E-state index in [0.717, 1.165) is 42.0 Å². The number of aryl methyl sites for hydroxylation is 2. The quantitative estimate of drug-likeness (QED) is 0.748. The molecule has 2 N–H and O–H groups in total. The SMILES string of the molecule is Cc1nnc(C[C@@H]2CC[C@H](NCc3cnc4n[nH]c(C)c4c3)C2)o1. The van der Waals surface area contributed by atoms with Gasteiger partial charge in [-0.2, -0.15) is 5.10 Å². The summed E-state index contributed by atoms with van der Waals surface area (Å²) < 4.78 is 5.49. The van der Waals surface area contributed by atoms with Crippen molar-refractivity contribution in [2.24, 2.45) is 5.92 Å². The maximum absolute atomic E-state index is 5.49. The molecule has 0 aliphatic heterocycles. The number of nitrogens with one attached hydrogen (secondary N) is 2. The van der Waals surface area contributed by atoms with Crippen molar-refractivity contribution >= 4 is 11.0 Å². The Kier molecular flexibility index (Phi) is 4.02. The standard InChI is InChI=1S/C17H22N6O/c1-10-15-6-13(9-19-17(15)23-20-10)8-18-14-4-3-12(5-14)7-16-22-21-11(2)24-16/h6,9,12,14,18H,3-5,7-8H2,1-2H3,(H,19,20,23)/t12-,14+/m1/s1. The highest BCUT2D eigenvalue weighted by Gasteiger charge is 2.26. The van der Waals surface area contributed by atoms with Crippen LogP contribution in [0.1, 0.15) is 42.3 Å². The van der Waals surface area contributed by atoms with Gasteiger partial charge in [0.1, 0.15) is 0 Å². The maximum Gasteiger partial charge on any atom is 0.216 e. The van der Waals surface area contributed by atoms with E-state index >= 15 is 0 Å². The van der Waals surface area contributed by atoms with Crippen LogP contribution >= 0.6 is 0 Å². The zero-order valence-corrected chi connectivity index (χ0v) is 14.0. The predicted molar refractivity (Wildman–Crippen MR) is 89.3 cm³/mol. The number of fused-ring (bicyclic) bond motifs is 1. The van der Waals surface area contributed by atoms with Gasteiger partial charge in [-0.3, -0.25) is 5.10 Å². The number of hydrogen-bond donors (Lipinski definition) is 2. The Morgan fingerprint density at radius 1 is 1.29 bits per heavy atom. The van der Waals surface area contributed by atoms with E-state index in [0.29, 0.717) is 17.9 Å². The largest absolute Gasteiger partial charge is 0.426 e. The highest BCUT2D eigenvalue weighted by atomic mass is 16.4. The lowest BCUT2D eigenvalue weighted by atomic mass is 10.0. The Labute approximate surface area is 140 Å². The van der Waals surface area contributed by atoms with Gasteiger partial charge in [-0.05, 0) is 43.7 Å². The van der Waals surface area contributed by atoms with Crippen molar-refractivity contribution in [2.45, 2.75) is 52.1 Å². The number of hydrogen-bond acceptors (Lipinski definition) is 6. The molecule has 0 radical (unpaired) electrons. The summed E-state index contributed by atoms with van der Waals surface area (Å²) in [6, 6.07) is 2.71. The molecule has 1 saturated carbocycles. The molecule has 4 rings (SSSR count). The summed E-state index contributed by atoms with van der Waals surface area (Å²) in [5.74, 6) is 2.04. The molecule has 0 amide bonds. The summed E-state index contributed by atoms with van der Waals surface area (Å²) in [4.78, 5) is 4.41. The molecule has 3 aromatic heterocycles. The minimum Gasteiger partial charge on any atom is -0.426 e. The molecule has 126 valence electrons. The third-order valence-corrected chi connectivity index (χ3v) is 4.82. The van der Waals surface area contributed by atoms with E-state index in [2.05, 4.69) is 36.8 Å². The number of H-pyrrole nitrogens is 1. The van der Waals surface area contributed by atoms with Crippen LogP contribution in [0.25, 0.3) is 11.0 Å². The fourth-order valence-corrected chi connectivity index (χ4v) is 3.53. The summed E-state index contributed by atoms with van der Waals surface area (Å²) in [6.07, 6.45) is 6.35. The molecule has 1 fully saturated rings. The molecule has 0 aromatic carbocycles. The molecule has 0 unspecified atom stereocenters. The Bertz CT molecular complexity index is 839. The summed E-state index contributed by atoms with van der Waals surface area (Å²) in [7, 11) is 0. The van der Waals surface area contributed by atoms with E-state index in [9.17, 15) is 0 Å². The molecule has 3 aromatic rings. The van der Waals surface area contributed by atoms with Crippen molar-refractivity contribution in [2.75, 3.05) is 0 Å². The lowest BCUT2D eigenvalue weighted by Crippen LogP contribution is -2.26. The third-order valence-electron chi connectivity index (χ3n) is 4.82. The lowest BCUT2D eigenvalue weighted by molar-refractivity contribution is 0.409. The first kappa shape index (κ1) is 15.3. The minimum absolute atomic E-state index is 0.542. The van der Waals surface area contributed by atoms with Crippen LogP contribution in [-0.4, -0.2) is 31.4 Å². The molecule has 7 heteroatoms. The first-order valence-electron chi connectivity index (χ1n) is 8.49. The second-order valence-corrected chi connectivity index (χ2v) is 6.74. The van der Waals surface area contributed by atoms with Gasteiger partial charge in [-0.15, -0.1) is 10.2 Å². The van der Waals surface area contributed by atoms with Gasteiger partial charge in [0.15, 0.2) is 5.65 Å². The smallest absolute Gasteiger partial charge is 0.216 e. The Balaban J connectivity index is 1.32. The first-order valence-corrected chi connectivity index (χ1v) is 8.49. The molecule has 1 aliphatic carbocycles. The topological polar surface area (TPSA) is 92.5 Å². The van der Waals surface area contributed by atoms with E-state index < -0.39 is 0 Å². The summed E-state index contributed by atoms with van der Waals surface area (Å²) in [6.45, 7) is 4.70. The summed E-state index contributed by atoms with van der Waals surface area (Å²) in [5, 5.41) is 19.9.